The zero-order valence-electron chi connectivity index (χ0n) is 15.3. The maximum Gasteiger partial charge on any atom is 0.337 e. The van der Waals surface area contributed by atoms with Crippen LogP contribution in [-0.2, 0) is 14.8 Å². The van der Waals surface area contributed by atoms with Gasteiger partial charge in [-0.15, -0.1) is 0 Å². The fraction of sp³-hybridized carbons (Fsp3) is 0.474. The number of piperidine rings is 1. The SMILES string of the molecule is CC1=CCCN(C(=O)C2CCN(S(=O)(=O)c3ccccc3C(=O)O)CC2)C1. The van der Waals surface area contributed by atoms with Crippen molar-refractivity contribution in [3.05, 3.63) is 41.5 Å². The lowest BCUT2D eigenvalue weighted by molar-refractivity contribution is -0.136. The second-order valence-corrected chi connectivity index (χ2v) is 8.98. The average molecular weight is 392 g/mol. The summed E-state index contributed by atoms with van der Waals surface area (Å²) in [4.78, 5) is 25.7. The molecule has 7 nitrogen and oxygen atoms in total. The molecule has 2 heterocycles. The minimum atomic E-state index is -3.90. The van der Waals surface area contributed by atoms with E-state index in [0.29, 0.717) is 25.9 Å². The molecule has 0 saturated carbocycles. The van der Waals surface area contributed by atoms with Gasteiger partial charge in [0.25, 0.3) is 0 Å². The second-order valence-electron chi connectivity index (χ2n) is 7.08. The van der Waals surface area contributed by atoms with Gasteiger partial charge in [0.05, 0.1) is 10.5 Å². The van der Waals surface area contributed by atoms with Crippen LogP contribution in [0.3, 0.4) is 0 Å². The van der Waals surface area contributed by atoms with Gasteiger partial charge in [0, 0.05) is 32.1 Å². The number of benzene rings is 1. The molecule has 1 amide bonds. The Morgan fingerprint density at radius 3 is 2.41 bits per heavy atom. The number of carboxylic acid groups (broad SMARTS) is 1. The molecule has 2 aliphatic heterocycles. The van der Waals surface area contributed by atoms with Crippen molar-refractivity contribution in [1.82, 2.24) is 9.21 Å². The van der Waals surface area contributed by atoms with Crippen molar-refractivity contribution in [2.45, 2.75) is 31.1 Å². The minimum absolute atomic E-state index is 0.0884. The summed E-state index contributed by atoms with van der Waals surface area (Å²) in [7, 11) is -3.90. The molecule has 0 aliphatic carbocycles. The largest absolute Gasteiger partial charge is 0.478 e. The van der Waals surface area contributed by atoms with Crippen LogP contribution in [0.2, 0.25) is 0 Å². The number of hydrogen-bond acceptors (Lipinski definition) is 4. The summed E-state index contributed by atoms with van der Waals surface area (Å²) in [6.45, 7) is 3.79. The lowest BCUT2D eigenvalue weighted by atomic mass is 9.95. The summed E-state index contributed by atoms with van der Waals surface area (Å²) in [5.74, 6) is -1.37. The van der Waals surface area contributed by atoms with E-state index in [0.717, 1.165) is 6.42 Å². The molecule has 0 aromatic heterocycles. The molecule has 27 heavy (non-hydrogen) atoms. The third-order valence-corrected chi connectivity index (χ3v) is 7.14. The van der Waals surface area contributed by atoms with Crippen molar-refractivity contribution in [2.75, 3.05) is 26.2 Å². The van der Waals surface area contributed by atoms with E-state index in [9.17, 15) is 23.1 Å². The molecule has 3 rings (SSSR count). The van der Waals surface area contributed by atoms with Crippen LogP contribution in [0.1, 0.15) is 36.5 Å². The Kier molecular flexibility index (Phi) is 5.67. The van der Waals surface area contributed by atoms with Gasteiger partial charge in [0.2, 0.25) is 15.9 Å². The van der Waals surface area contributed by atoms with Crippen molar-refractivity contribution < 1.29 is 23.1 Å². The Morgan fingerprint density at radius 1 is 1.11 bits per heavy atom. The van der Waals surface area contributed by atoms with Crippen molar-refractivity contribution in [1.29, 1.82) is 0 Å². The van der Waals surface area contributed by atoms with Gasteiger partial charge in [0.15, 0.2) is 0 Å². The highest BCUT2D eigenvalue weighted by Crippen LogP contribution is 2.27. The molecule has 0 unspecified atom stereocenters. The first kappa shape index (κ1) is 19.6. The zero-order valence-corrected chi connectivity index (χ0v) is 16.1. The van der Waals surface area contributed by atoms with E-state index in [-0.39, 0.29) is 35.4 Å². The van der Waals surface area contributed by atoms with Crippen LogP contribution < -0.4 is 0 Å². The number of aromatic carboxylic acids is 1. The van der Waals surface area contributed by atoms with Crippen LogP contribution in [0, 0.1) is 5.92 Å². The normalized spacial score (nSPS) is 19.6. The standard InChI is InChI=1S/C19H24N2O5S/c1-14-5-4-10-20(13-14)18(22)15-8-11-21(12-9-15)27(25,26)17-7-3-2-6-16(17)19(23)24/h2-3,5-7,15H,4,8-13H2,1H3,(H,23,24). The van der Waals surface area contributed by atoms with E-state index in [4.69, 9.17) is 0 Å². The number of amides is 1. The maximum absolute atomic E-state index is 12.9. The summed E-state index contributed by atoms with van der Waals surface area (Å²) in [5.41, 5.74) is 0.950. The van der Waals surface area contributed by atoms with E-state index in [1.165, 1.54) is 34.1 Å². The van der Waals surface area contributed by atoms with E-state index >= 15 is 0 Å². The summed E-state index contributed by atoms with van der Waals surface area (Å²) in [6.07, 6.45) is 3.90. The third kappa shape index (κ3) is 4.06. The first-order valence-electron chi connectivity index (χ1n) is 9.07. The number of hydrogen-bond donors (Lipinski definition) is 1. The minimum Gasteiger partial charge on any atom is -0.478 e. The Morgan fingerprint density at radius 2 is 1.78 bits per heavy atom. The first-order valence-corrected chi connectivity index (χ1v) is 10.5. The Bertz CT molecular complexity index is 870. The summed E-state index contributed by atoms with van der Waals surface area (Å²) < 4.78 is 27.1. The quantitative estimate of drug-likeness (QED) is 0.791. The van der Waals surface area contributed by atoms with Gasteiger partial charge in [-0.3, -0.25) is 4.79 Å². The molecule has 0 spiro atoms. The molecular weight excluding hydrogens is 368 g/mol. The highest BCUT2D eigenvalue weighted by molar-refractivity contribution is 7.89. The molecule has 2 aliphatic rings. The number of carbonyl (C=O) groups is 2. The van der Waals surface area contributed by atoms with Crippen LogP contribution in [0.5, 0.6) is 0 Å². The van der Waals surface area contributed by atoms with Gasteiger partial charge in [-0.25, -0.2) is 13.2 Å². The van der Waals surface area contributed by atoms with Crippen LogP contribution in [0.25, 0.3) is 0 Å². The van der Waals surface area contributed by atoms with Crippen molar-refractivity contribution in [2.24, 2.45) is 5.92 Å². The molecule has 146 valence electrons. The van der Waals surface area contributed by atoms with Crippen molar-refractivity contribution in [3.63, 3.8) is 0 Å². The smallest absolute Gasteiger partial charge is 0.337 e. The lowest BCUT2D eigenvalue weighted by Crippen LogP contribution is -2.45. The van der Waals surface area contributed by atoms with Crippen molar-refractivity contribution in [3.8, 4) is 0 Å². The van der Waals surface area contributed by atoms with E-state index in [1.807, 2.05) is 11.8 Å². The van der Waals surface area contributed by atoms with Crippen LogP contribution in [-0.4, -0.2) is 60.8 Å². The summed E-state index contributed by atoms with van der Waals surface area (Å²) >= 11 is 0. The van der Waals surface area contributed by atoms with Gasteiger partial charge < -0.3 is 10.0 Å². The van der Waals surface area contributed by atoms with Crippen molar-refractivity contribution >= 4 is 21.9 Å². The molecule has 1 saturated heterocycles. The number of nitrogens with zero attached hydrogens (tertiary/aromatic N) is 2. The predicted molar refractivity (Wildman–Crippen MR) is 99.8 cm³/mol. The van der Waals surface area contributed by atoms with E-state index in [2.05, 4.69) is 6.08 Å². The first-order chi connectivity index (χ1) is 12.8. The second kappa shape index (κ2) is 7.82. The van der Waals surface area contributed by atoms with E-state index < -0.39 is 16.0 Å². The molecule has 1 aromatic carbocycles. The van der Waals surface area contributed by atoms with Gasteiger partial charge >= 0.3 is 5.97 Å². The van der Waals surface area contributed by atoms with Crippen LogP contribution in [0.15, 0.2) is 40.8 Å². The fourth-order valence-corrected chi connectivity index (χ4v) is 5.36. The fourth-order valence-electron chi connectivity index (χ4n) is 3.71. The molecular formula is C19H24N2O5S. The Balaban J connectivity index is 1.69. The predicted octanol–water partition coefficient (Wildman–Crippen LogP) is 1.96. The van der Waals surface area contributed by atoms with Crippen LogP contribution in [0.4, 0.5) is 0 Å². The molecule has 1 fully saturated rings. The zero-order chi connectivity index (χ0) is 19.6. The number of rotatable bonds is 4. The topological polar surface area (TPSA) is 95.0 Å². The lowest BCUT2D eigenvalue weighted by Gasteiger charge is -2.35. The van der Waals surface area contributed by atoms with Crippen LogP contribution >= 0.6 is 0 Å². The maximum atomic E-state index is 12.9. The molecule has 0 atom stereocenters. The Hall–Kier alpha value is -2.19. The molecule has 1 aromatic rings. The third-order valence-electron chi connectivity index (χ3n) is 5.18. The van der Waals surface area contributed by atoms with E-state index in [1.54, 1.807) is 0 Å². The molecule has 0 bridgehead atoms. The molecule has 8 heteroatoms. The monoisotopic (exact) mass is 392 g/mol. The molecule has 1 N–H and O–H groups in total. The van der Waals surface area contributed by atoms with Gasteiger partial charge in [0.1, 0.15) is 0 Å². The highest BCUT2D eigenvalue weighted by atomic mass is 32.2. The number of carbonyl (C=O) groups excluding carboxylic acids is 1. The van der Waals surface area contributed by atoms with Gasteiger partial charge in [-0.2, -0.15) is 4.31 Å². The summed E-state index contributed by atoms with van der Waals surface area (Å²) in [5, 5.41) is 9.27. The summed E-state index contributed by atoms with van der Waals surface area (Å²) in [6, 6.07) is 5.63. The highest BCUT2D eigenvalue weighted by Gasteiger charge is 2.35. The number of sulfonamides is 1. The number of carboxylic acids is 1. The average Bonchev–Trinajstić information content (AvgIpc) is 2.67. The molecule has 0 radical (unpaired) electrons. The Labute approximate surface area is 159 Å². The van der Waals surface area contributed by atoms with Gasteiger partial charge in [-0.05, 0) is 38.3 Å². The van der Waals surface area contributed by atoms with Gasteiger partial charge in [-0.1, -0.05) is 23.8 Å².